The Kier molecular flexibility index (Phi) is 22.8. The van der Waals surface area contributed by atoms with Crippen LogP contribution in [0.4, 0.5) is 102 Å². The molecule has 28 nitrogen and oxygen atoms in total. The van der Waals surface area contributed by atoms with Gasteiger partial charge in [-0.25, -0.2) is 0 Å². The van der Waals surface area contributed by atoms with Crippen LogP contribution in [0.2, 0.25) is 0 Å². The van der Waals surface area contributed by atoms with Gasteiger partial charge in [0.15, 0.2) is 11.6 Å². The van der Waals surface area contributed by atoms with Gasteiger partial charge in [0.2, 0.25) is 0 Å². The number of fused-ring (bicyclic) bond motifs is 2. The summed E-state index contributed by atoms with van der Waals surface area (Å²) >= 11 is 0. The van der Waals surface area contributed by atoms with E-state index in [1.807, 2.05) is 98.8 Å². The fourth-order valence-electron chi connectivity index (χ4n) is 7.83. The highest BCUT2D eigenvalue weighted by atomic mass is 16.6. The van der Waals surface area contributed by atoms with Gasteiger partial charge in [-0.3, -0.25) is 50.0 Å². The number of azo groups is 1. The van der Waals surface area contributed by atoms with Crippen molar-refractivity contribution in [2.75, 3.05) is 75.9 Å². The lowest BCUT2D eigenvalue weighted by Crippen LogP contribution is -2.25. The minimum absolute atomic E-state index is 0.0335. The number of carbonyl (C=O) groups is 2. The van der Waals surface area contributed by atoms with E-state index >= 15 is 0 Å². The lowest BCUT2D eigenvalue weighted by atomic mass is 9.81. The number of ketones is 2. The van der Waals surface area contributed by atoms with Gasteiger partial charge in [-0.2, -0.15) is 10.2 Å². The SMILES string of the molecule is CNc1ccc(C)cc1[N+](=O)[O-].CNc1ccc([N+](=O)[O-])cc1[N+](=O)[O-].Cc1ccc(N=Nc2ccc(N)cc2)cc1.Nc1cc(N)c2c(c1)C(=O)c1c(N)ccc(N)c1C2=O.Nc1ccc(Nc2ccccc2)c([N+](=O)[O-])c1.Nc1ccc(O)c(N)c1. The Hall–Kier alpha value is -12.9. The summed E-state index contributed by atoms with van der Waals surface area (Å²) in [7, 11) is 3.17. The summed E-state index contributed by atoms with van der Waals surface area (Å²) in [5.41, 5.74) is 53.5. The molecular formula is C60H61N17O11. The predicted molar refractivity (Wildman–Crippen MR) is 344 cm³/mol. The zero-order valence-corrected chi connectivity index (χ0v) is 47.6. The van der Waals surface area contributed by atoms with Crippen LogP contribution in [-0.2, 0) is 0 Å². The number of nitro groups is 4. The summed E-state index contributed by atoms with van der Waals surface area (Å²) in [6.07, 6.45) is 0. The minimum Gasteiger partial charge on any atom is -0.506 e. The molecular weight excluding hydrogens is 1130 g/mol. The summed E-state index contributed by atoms with van der Waals surface area (Å²) in [6, 6.07) is 48.0. The molecule has 10 rings (SSSR count). The van der Waals surface area contributed by atoms with E-state index in [1.54, 1.807) is 37.4 Å². The molecule has 0 amide bonds. The predicted octanol–water partition coefficient (Wildman–Crippen LogP) is 11.8. The van der Waals surface area contributed by atoms with E-state index in [1.165, 1.54) is 67.2 Å². The smallest absolute Gasteiger partial charge is 0.299 e. The fourth-order valence-corrected chi connectivity index (χ4v) is 7.83. The number of hydrogen-bond acceptors (Lipinski definition) is 24. The molecule has 0 aliphatic heterocycles. The number of aromatic hydroxyl groups is 1. The first kappa shape index (κ1) is 65.9. The quantitative estimate of drug-likeness (QED) is 0.0151. The zero-order chi connectivity index (χ0) is 64.9. The van der Waals surface area contributed by atoms with Crippen LogP contribution in [0.5, 0.6) is 5.75 Å². The Labute approximate surface area is 502 Å². The first-order valence-corrected chi connectivity index (χ1v) is 25.8. The highest BCUT2D eigenvalue weighted by Gasteiger charge is 2.35. The number of phenols is 1. The van der Waals surface area contributed by atoms with Gasteiger partial charge in [0.05, 0.1) is 59.5 Å². The molecule has 0 unspecified atom stereocenters. The first-order valence-electron chi connectivity index (χ1n) is 25.8. The number of aryl methyl sites for hydroxylation is 2. The standard InChI is InChI=1S/C14H12N4O2.C13H13N3.C12H11N3O2.C8H10N2O2.C7H7N3O4.C6H8N2O/c15-5-3-6-10(9(18)4-5)14(20)12-8(17)2-1-7(16)11(12)13(6)19;1-10-2-6-12(7-3-10)15-16-13-8-4-11(14)5-9-13;13-9-6-7-11(12(8-9)15(16)17)14-10-4-2-1-3-5-10;1-6-3-4-7(9-2)8(5-6)10(11)12;1-8-6-3-2-5(9(11)12)4-7(6)10(13)14;7-4-1-2-6(9)5(8)3-4/h1-4H,15-18H2;2-9H,14H2,1H3;1-8,14H,13H2;3-5,9H,1-2H3;2-4,8H,1H3;1-3,9H,7-8H2. The van der Waals surface area contributed by atoms with Crippen molar-refractivity contribution in [2.24, 2.45) is 10.2 Å². The molecule has 1 aliphatic rings. The van der Waals surface area contributed by atoms with Crippen molar-refractivity contribution in [1.29, 1.82) is 0 Å². The first-order chi connectivity index (χ1) is 41.7. The zero-order valence-electron chi connectivity index (χ0n) is 47.6. The van der Waals surface area contributed by atoms with Gasteiger partial charge < -0.3 is 66.9 Å². The van der Waals surface area contributed by atoms with Gasteiger partial charge in [0, 0.05) is 83.4 Å². The second-order valence-corrected chi connectivity index (χ2v) is 18.6. The Morgan fingerprint density at radius 2 is 0.864 bits per heavy atom. The molecule has 0 heterocycles. The highest BCUT2D eigenvalue weighted by molar-refractivity contribution is 6.33. The Bertz CT molecular complexity index is 4010. The van der Waals surface area contributed by atoms with Gasteiger partial charge in [-0.15, -0.1) is 0 Å². The molecule has 0 spiro atoms. The van der Waals surface area contributed by atoms with Crippen LogP contribution in [0.3, 0.4) is 0 Å². The number of nitrogens with two attached hydrogens (primary N) is 8. The van der Waals surface area contributed by atoms with Crippen molar-refractivity contribution >= 4 is 114 Å². The molecule has 0 bridgehead atoms. The number of nitrogens with zero attached hydrogens (tertiary/aromatic N) is 6. The van der Waals surface area contributed by atoms with Crippen LogP contribution in [0, 0.1) is 54.3 Å². The summed E-state index contributed by atoms with van der Waals surface area (Å²) in [4.78, 5) is 65.1. The number of para-hydroxylation sites is 1. The van der Waals surface area contributed by atoms with Crippen molar-refractivity contribution < 1.29 is 34.4 Å². The molecule has 88 heavy (non-hydrogen) atoms. The van der Waals surface area contributed by atoms with Gasteiger partial charge in [-0.05, 0) is 135 Å². The number of benzene rings is 9. The van der Waals surface area contributed by atoms with Crippen LogP contribution < -0.4 is 61.8 Å². The molecule has 452 valence electrons. The van der Waals surface area contributed by atoms with E-state index in [9.17, 15) is 50.0 Å². The number of hydrogen-bond donors (Lipinski definition) is 12. The largest absolute Gasteiger partial charge is 0.506 e. The van der Waals surface area contributed by atoms with E-state index in [-0.39, 0.29) is 73.5 Å². The van der Waals surface area contributed by atoms with Crippen LogP contribution in [0.25, 0.3) is 0 Å². The number of anilines is 12. The molecule has 0 fully saturated rings. The number of nitrogens with one attached hydrogen (secondary N) is 3. The summed E-state index contributed by atoms with van der Waals surface area (Å²) in [5, 5.41) is 67.6. The lowest BCUT2D eigenvalue weighted by molar-refractivity contribution is -0.393. The topological polar surface area (TPSA) is 496 Å². The average Bonchev–Trinajstić information content (AvgIpc) is 1.34. The van der Waals surface area contributed by atoms with E-state index < -0.39 is 31.3 Å². The van der Waals surface area contributed by atoms with Crippen molar-refractivity contribution in [1.82, 2.24) is 0 Å². The molecule has 1 aliphatic carbocycles. The maximum absolute atomic E-state index is 12.6. The third kappa shape index (κ3) is 18.1. The second kappa shape index (κ2) is 30.4. The van der Waals surface area contributed by atoms with Crippen LogP contribution in [-0.4, -0.2) is 50.5 Å². The normalized spacial score (nSPS) is 10.6. The number of carbonyl (C=O) groups excluding carboxylic acids is 2. The molecule has 20 N–H and O–H groups in total. The molecule has 0 radical (unpaired) electrons. The third-order valence-corrected chi connectivity index (χ3v) is 12.2. The van der Waals surface area contributed by atoms with E-state index in [0.717, 1.165) is 34.4 Å². The number of non-ortho nitro benzene ring substituents is 1. The molecule has 9 aromatic rings. The average molecular weight is 1200 g/mol. The van der Waals surface area contributed by atoms with Gasteiger partial charge in [0.1, 0.15) is 22.8 Å². The maximum Gasteiger partial charge on any atom is 0.299 e. The monoisotopic (exact) mass is 1200 g/mol. The van der Waals surface area contributed by atoms with Crippen molar-refractivity contribution in [3.63, 3.8) is 0 Å². The van der Waals surface area contributed by atoms with Crippen molar-refractivity contribution in [3.8, 4) is 5.75 Å². The summed E-state index contributed by atoms with van der Waals surface area (Å²) in [6.45, 7) is 3.87. The molecule has 28 heteroatoms. The summed E-state index contributed by atoms with van der Waals surface area (Å²) < 4.78 is 0. The minimum atomic E-state index is -0.674. The number of nitro benzene ring substituents is 4. The lowest BCUT2D eigenvalue weighted by Gasteiger charge is -2.21. The van der Waals surface area contributed by atoms with Crippen molar-refractivity contribution in [2.45, 2.75) is 13.8 Å². The van der Waals surface area contributed by atoms with Crippen LogP contribution >= 0.6 is 0 Å². The van der Waals surface area contributed by atoms with E-state index in [4.69, 9.17) is 51.0 Å². The van der Waals surface area contributed by atoms with Crippen LogP contribution in [0.15, 0.2) is 186 Å². The molecule has 9 aromatic carbocycles. The van der Waals surface area contributed by atoms with Gasteiger partial charge >= 0.3 is 0 Å². The Balaban J connectivity index is 0.000000195. The molecule has 0 atom stereocenters. The van der Waals surface area contributed by atoms with Crippen molar-refractivity contribution in [3.05, 3.63) is 250 Å². The second-order valence-electron chi connectivity index (χ2n) is 18.6. The van der Waals surface area contributed by atoms with E-state index in [2.05, 4.69) is 26.2 Å². The maximum atomic E-state index is 12.6. The third-order valence-electron chi connectivity index (χ3n) is 12.2. The Morgan fingerprint density at radius 1 is 0.409 bits per heavy atom. The van der Waals surface area contributed by atoms with E-state index in [0.29, 0.717) is 34.1 Å². The molecule has 0 saturated carbocycles. The molecule has 0 saturated heterocycles. The number of phenolic OH excluding ortho intramolecular Hbond substituents is 1. The van der Waals surface area contributed by atoms with Gasteiger partial charge in [-0.1, -0.05) is 42.0 Å². The number of rotatable bonds is 10. The Morgan fingerprint density at radius 3 is 1.39 bits per heavy atom. The highest BCUT2D eigenvalue weighted by Crippen LogP contribution is 2.38. The fraction of sp³-hybridized carbons (Fsp3) is 0.0667. The van der Waals surface area contributed by atoms with Crippen LogP contribution in [0.1, 0.15) is 43.0 Å². The number of nitrogen functional groups attached to an aromatic ring is 8. The van der Waals surface area contributed by atoms with Gasteiger partial charge in [0.25, 0.3) is 22.7 Å². The molecule has 0 aromatic heterocycles. The summed E-state index contributed by atoms with van der Waals surface area (Å²) in [5.74, 6) is -0.723.